The number of aliphatic hydroxyl groups excluding tert-OH is 1. The first kappa shape index (κ1) is 11.1. The molecule has 0 amide bonds. The lowest BCUT2D eigenvalue weighted by molar-refractivity contribution is 0.263. The van der Waals surface area contributed by atoms with Crippen molar-refractivity contribution in [1.29, 1.82) is 0 Å². The quantitative estimate of drug-likeness (QED) is 0.818. The average molecular weight is 220 g/mol. The Hall–Kier alpha value is -1.39. The molecule has 1 atom stereocenters. The second kappa shape index (κ2) is 4.63. The van der Waals surface area contributed by atoms with Crippen LogP contribution in [0.15, 0.2) is 22.6 Å². The summed E-state index contributed by atoms with van der Waals surface area (Å²) in [7, 11) is 1.88. The maximum Gasteiger partial charge on any atom is 0.192 e. The van der Waals surface area contributed by atoms with E-state index >= 15 is 0 Å². The SMILES string of the molecule is CNCC(CO)c1ccc2oc(C)nc2c1. The summed E-state index contributed by atoms with van der Waals surface area (Å²) in [5.41, 5.74) is 2.73. The number of likely N-dealkylation sites (N-methyl/N-ethyl adjacent to an activating group) is 1. The molecule has 1 aromatic carbocycles. The van der Waals surface area contributed by atoms with Crippen LogP contribution in [0, 0.1) is 6.92 Å². The summed E-state index contributed by atoms with van der Waals surface area (Å²) in [6.07, 6.45) is 0. The number of oxazole rings is 1. The van der Waals surface area contributed by atoms with E-state index in [1.165, 1.54) is 0 Å². The third kappa shape index (κ3) is 2.08. The second-order valence-electron chi connectivity index (χ2n) is 3.90. The summed E-state index contributed by atoms with van der Waals surface area (Å²) < 4.78 is 5.41. The van der Waals surface area contributed by atoms with Gasteiger partial charge in [0, 0.05) is 19.4 Å². The summed E-state index contributed by atoms with van der Waals surface area (Å²) in [5.74, 6) is 0.771. The van der Waals surface area contributed by atoms with Gasteiger partial charge in [0.2, 0.25) is 0 Å². The minimum atomic E-state index is 0.103. The molecule has 16 heavy (non-hydrogen) atoms. The van der Waals surface area contributed by atoms with Gasteiger partial charge in [0.1, 0.15) is 5.52 Å². The summed E-state index contributed by atoms with van der Waals surface area (Å²) in [6.45, 7) is 2.71. The second-order valence-corrected chi connectivity index (χ2v) is 3.90. The minimum absolute atomic E-state index is 0.103. The Balaban J connectivity index is 2.36. The van der Waals surface area contributed by atoms with Crippen molar-refractivity contribution in [1.82, 2.24) is 10.3 Å². The summed E-state index contributed by atoms with van der Waals surface area (Å²) in [6, 6.07) is 5.86. The lowest BCUT2D eigenvalue weighted by Crippen LogP contribution is -2.19. The van der Waals surface area contributed by atoms with Crippen LogP contribution in [0.3, 0.4) is 0 Å². The van der Waals surface area contributed by atoms with Crippen molar-refractivity contribution in [3.05, 3.63) is 29.7 Å². The summed E-state index contributed by atoms with van der Waals surface area (Å²) >= 11 is 0. The molecule has 0 aliphatic carbocycles. The summed E-state index contributed by atoms with van der Waals surface area (Å²) in [4.78, 5) is 4.28. The molecule has 1 aromatic heterocycles. The highest BCUT2D eigenvalue weighted by Crippen LogP contribution is 2.21. The van der Waals surface area contributed by atoms with E-state index < -0.39 is 0 Å². The van der Waals surface area contributed by atoms with E-state index in [1.54, 1.807) is 0 Å². The van der Waals surface area contributed by atoms with Crippen LogP contribution in [0.4, 0.5) is 0 Å². The molecule has 0 aliphatic rings. The standard InChI is InChI=1S/C12H16N2O2/c1-8-14-11-5-9(3-4-12(11)16-8)10(7-15)6-13-2/h3-5,10,13,15H,6-7H2,1-2H3. The fraction of sp³-hybridized carbons (Fsp3) is 0.417. The van der Waals surface area contributed by atoms with Gasteiger partial charge in [-0.3, -0.25) is 0 Å². The first-order valence-electron chi connectivity index (χ1n) is 5.37. The molecule has 0 aliphatic heterocycles. The predicted octanol–water partition coefficient (Wildman–Crippen LogP) is 1.43. The van der Waals surface area contributed by atoms with Crippen molar-refractivity contribution in [3.63, 3.8) is 0 Å². The van der Waals surface area contributed by atoms with Crippen LogP contribution in [-0.4, -0.2) is 30.3 Å². The van der Waals surface area contributed by atoms with Crippen LogP contribution in [0.1, 0.15) is 17.4 Å². The first-order valence-corrected chi connectivity index (χ1v) is 5.37. The van der Waals surface area contributed by atoms with Crippen molar-refractivity contribution in [2.24, 2.45) is 0 Å². The fourth-order valence-electron chi connectivity index (χ4n) is 1.85. The van der Waals surface area contributed by atoms with E-state index in [0.29, 0.717) is 5.89 Å². The molecular formula is C12H16N2O2. The number of aryl methyl sites for hydroxylation is 1. The Bertz CT molecular complexity index is 479. The Morgan fingerprint density at radius 3 is 3.00 bits per heavy atom. The molecule has 0 spiro atoms. The highest BCUT2D eigenvalue weighted by atomic mass is 16.3. The molecule has 4 heteroatoms. The smallest absolute Gasteiger partial charge is 0.192 e. The fourth-order valence-corrected chi connectivity index (χ4v) is 1.85. The molecule has 4 nitrogen and oxygen atoms in total. The molecular weight excluding hydrogens is 204 g/mol. The normalized spacial score (nSPS) is 13.2. The zero-order valence-electron chi connectivity index (χ0n) is 9.53. The number of aromatic nitrogens is 1. The molecule has 1 unspecified atom stereocenters. The topological polar surface area (TPSA) is 58.3 Å². The molecule has 0 saturated heterocycles. The lowest BCUT2D eigenvalue weighted by atomic mass is 10.00. The van der Waals surface area contributed by atoms with Crippen LogP contribution in [0.25, 0.3) is 11.1 Å². The maximum atomic E-state index is 9.30. The van der Waals surface area contributed by atoms with Gasteiger partial charge in [-0.2, -0.15) is 0 Å². The van der Waals surface area contributed by atoms with Gasteiger partial charge in [0.15, 0.2) is 11.5 Å². The zero-order valence-corrected chi connectivity index (χ0v) is 9.53. The molecule has 86 valence electrons. The minimum Gasteiger partial charge on any atom is -0.441 e. The molecule has 2 N–H and O–H groups in total. The van der Waals surface area contributed by atoms with Gasteiger partial charge >= 0.3 is 0 Å². The van der Waals surface area contributed by atoms with Crippen molar-refractivity contribution in [2.75, 3.05) is 20.2 Å². The monoisotopic (exact) mass is 220 g/mol. The number of fused-ring (bicyclic) bond motifs is 1. The Morgan fingerprint density at radius 1 is 1.50 bits per heavy atom. The van der Waals surface area contributed by atoms with Gasteiger partial charge < -0.3 is 14.8 Å². The Kier molecular flexibility index (Phi) is 3.22. The third-order valence-corrected chi connectivity index (χ3v) is 2.66. The van der Waals surface area contributed by atoms with E-state index in [-0.39, 0.29) is 12.5 Å². The number of rotatable bonds is 4. The third-order valence-electron chi connectivity index (χ3n) is 2.66. The first-order chi connectivity index (χ1) is 7.74. The average Bonchev–Trinajstić information content (AvgIpc) is 2.64. The van der Waals surface area contributed by atoms with Gasteiger partial charge in [-0.1, -0.05) is 6.07 Å². The van der Waals surface area contributed by atoms with Crippen molar-refractivity contribution < 1.29 is 9.52 Å². The predicted molar refractivity (Wildman–Crippen MR) is 62.5 cm³/mol. The molecule has 0 saturated carbocycles. The van der Waals surface area contributed by atoms with Gasteiger partial charge in [-0.25, -0.2) is 4.98 Å². The Morgan fingerprint density at radius 2 is 2.31 bits per heavy atom. The number of nitrogens with one attached hydrogen (secondary N) is 1. The van der Waals surface area contributed by atoms with E-state index in [4.69, 9.17) is 4.42 Å². The Labute approximate surface area is 94.3 Å². The molecule has 1 heterocycles. The van der Waals surface area contributed by atoms with E-state index in [9.17, 15) is 5.11 Å². The number of nitrogens with zero attached hydrogens (tertiary/aromatic N) is 1. The summed E-state index contributed by atoms with van der Waals surface area (Å²) in [5, 5.41) is 12.4. The molecule has 2 aromatic rings. The number of hydrogen-bond acceptors (Lipinski definition) is 4. The van der Waals surface area contributed by atoms with Gasteiger partial charge in [0.25, 0.3) is 0 Å². The van der Waals surface area contributed by atoms with Crippen LogP contribution < -0.4 is 5.32 Å². The van der Waals surface area contributed by atoms with Crippen molar-refractivity contribution in [3.8, 4) is 0 Å². The maximum absolute atomic E-state index is 9.30. The van der Waals surface area contributed by atoms with Gasteiger partial charge in [-0.15, -0.1) is 0 Å². The molecule has 0 radical (unpaired) electrons. The highest BCUT2D eigenvalue weighted by Gasteiger charge is 2.11. The molecule has 2 rings (SSSR count). The molecule has 0 bridgehead atoms. The van der Waals surface area contributed by atoms with Gasteiger partial charge in [-0.05, 0) is 24.7 Å². The van der Waals surface area contributed by atoms with Gasteiger partial charge in [0.05, 0.1) is 6.61 Å². The lowest BCUT2D eigenvalue weighted by Gasteiger charge is -2.13. The van der Waals surface area contributed by atoms with E-state index in [2.05, 4.69) is 10.3 Å². The highest BCUT2D eigenvalue weighted by molar-refractivity contribution is 5.73. The van der Waals surface area contributed by atoms with Crippen molar-refractivity contribution >= 4 is 11.1 Å². The van der Waals surface area contributed by atoms with E-state index in [1.807, 2.05) is 32.2 Å². The van der Waals surface area contributed by atoms with Crippen molar-refractivity contribution in [2.45, 2.75) is 12.8 Å². The van der Waals surface area contributed by atoms with Crippen LogP contribution >= 0.6 is 0 Å². The van der Waals surface area contributed by atoms with Crippen LogP contribution in [0.2, 0.25) is 0 Å². The number of aliphatic hydroxyl groups is 1. The van der Waals surface area contributed by atoms with Crippen LogP contribution in [0.5, 0.6) is 0 Å². The largest absolute Gasteiger partial charge is 0.441 e. The number of benzene rings is 1. The van der Waals surface area contributed by atoms with Crippen LogP contribution in [-0.2, 0) is 0 Å². The zero-order chi connectivity index (χ0) is 11.5. The van der Waals surface area contributed by atoms with E-state index in [0.717, 1.165) is 23.2 Å². The molecule has 0 fully saturated rings. The number of hydrogen-bond donors (Lipinski definition) is 2.